The average molecular weight is 323 g/mol. The van der Waals surface area contributed by atoms with E-state index < -0.39 is 0 Å². The lowest BCUT2D eigenvalue weighted by atomic mass is 10.1. The number of anilines is 1. The molecule has 2 amide bonds. The second-order valence-corrected chi connectivity index (χ2v) is 5.10. The number of pyridine rings is 1. The number of hydrogen-bond acceptors (Lipinski definition) is 4. The molecule has 0 saturated heterocycles. The van der Waals surface area contributed by atoms with Crippen LogP contribution in [0.25, 0.3) is 11.3 Å². The fraction of sp³-hybridized carbons (Fsp3) is 0.111. The molecule has 0 saturated carbocycles. The number of carbonyl (C=O) groups is 1. The number of ether oxygens (including phenoxy) is 1. The number of nitrogens with zero attached hydrogens (tertiary/aromatic N) is 1. The third kappa shape index (κ3) is 3.92. The molecule has 0 spiro atoms. The van der Waals surface area contributed by atoms with Gasteiger partial charge >= 0.3 is 6.03 Å². The number of benzene rings is 1. The molecule has 0 atom stereocenters. The molecule has 122 valence electrons. The summed E-state index contributed by atoms with van der Waals surface area (Å²) in [6.07, 6.45) is 5.04. The van der Waals surface area contributed by atoms with E-state index in [4.69, 9.17) is 9.15 Å². The van der Waals surface area contributed by atoms with Crippen LogP contribution in [0.1, 0.15) is 5.56 Å². The minimum absolute atomic E-state index is 0.288. The number of aromatic nitrogens is 1. The Labute approximate surface area is 139 Å². The first-order valence-corrected chi connectivity index (χ1v) is 7.41. The first-order valence-electron chi connectivity index (χ1n) is 7.41. The average Bonchev–Trinajstić information content (AvgIpc) is 3.16. The Hall–Kier alpha value is -3.28. The van der Waals surface area contributed by atoms with E-state index in [0.717, 1.165) is 22.6 Å². The monoisotopic (exact) mass is 323 g/mol. The molecule has 3 aromatic rings. The Morgan fingerprint density at radius 3 is 2.75 bits per heavy atom. The molecule has 0 bridgehead atoms. The van der Waals surface area contributed by atoms with Crippen LogP contribution in [0.3, 0.4) is 0 Å². The molecule has 2 heterocycles. The molecule has 0 aliphatic rings. The summed E-state index contributed by atoms with van der Waals surface area (Å²) in [4.78, 5) is 16.1. The van der Waals surface area contributed by atoms with E-state index in [2.05, 4.69) is 15.6 Å². The first kappa shape index (κ1) is 15.6. The summed E-state index contributed by atoms with van der Waals surface area (Å²) in [5.74, 6) is 1.48. The number of hydrogen-bond donors (Lipinski definition) is 2. The Bertz CT molecular complexity index is 799. The van der Waals surface area contributed by atoms with Gasteiger partial charge in [-0.1, -0.05) is 0 Å². The van der Waals surface area contributed by atoms with Gasteiger partial charge in [-0.15, -0.1) is 0 Å². The van der Waals surface area contributed by atoms with E-state index in [9.17, 15) is 4.79 Å². The molecule has 3 rings (SSSR count). The van der Waals surface area contributed by atoms with Gasteiger partial charge in [0.15, 0.2) is 0 Å². The highest BCUT2D eigenvalue weighted by atomic mass is 16.5. The van der Waals surface area contributed by atoms with Gasteiger partial charge < -0.3 is 19.8 Å². The van der Waals surface area contributed by atoms with Crippen LogP contribution < -0.4 is 15.4 Å². The lowest BCUT2D eigenvalue weighted by molar-refractivity contribution is 0.251. The van der Waals surface area contributed by atoms with Gasteiger partial charge in [0.1, 0.15) is 11.5 Å². The zero-order valence-electron chi connectivity index (χ0n) is 13.2. The number of urea groups is 1. The van der Waals surface area contributed by atoms with Crippen molar-refractivity contribution in [3.05, 3.63) is 66.7 Å². The molecule has 1 aromatic carbocycles. The SMILES string of the molecule is COc1ccc(NC(=O)NCc2cncc(-c3ccco3)c2)cc1. The van der Waals surface area contributed by atoms with Crippen molar-refractivity contribution >= 4 is 11.7 Å². The van der Waals surface area contributed by atoms with Crippen molar-refractivity contribution in [2.75, 3.05) is 12.4 Å². The fourth-order valence-electron chi connectivity index (χ4n) is 2.19. The molecule has 2 aromatic heterocycles. The lowest BCUT2D eigenvalue weighted by Crippen LogP contribution is -2.28. The number of amides is 2. The van der Waals surface area contributed by atoms with Crippen LogP contribution >= 0.6 is 0 Å². The molecular weight excluding hydrogens is 306 g/mol. The highest BCUT2D eigenvalue weighted by Gasteiger charge is 2.05. The number of carbonyl (C=O) groups excluding carboxylic acids is 1. The molecule has 0 radical (unpaired) electrons. The Morgan fingerprint density at radius 1 is 1.21 bits per heavy atom. The van der Waals surface area contributed by atoms with Gasteiger partial charge in [0.05, 0.1) is 13.4 Å². The molecule has 6 heteroatoms. The van der Waals surface area contributed by atoms with E-state index in [1.807, 2.05) is 18.2 Å². The summed E-state index contributed by atoms with van der Waals surface area (Å²) in [7, 11) is 1.60. The summed E-state index contributed by atoms with van der Waals surface area (Å²) in [6.45, 7) is 0.365. The van der Waals surface area contributed by atoms with E-state index in [1.165, 1.54) is 0 Å². The molecule has 2 N–H and O–H groups in total. The van der Waals surface area contributed by atoms with Crippen LogP contribution in [0, 0.1) is 0 Å². The van der Waals surface area contributed by atoms with Crippen molar-refractivity contribution in [3.63, 3.8) is 0 Å². The van der Waals surface area contributed by atoms with Crippen molar-refractivity contribution in [2.24, 2.45) is 0 Å². The topological polar surface area (TPSA) is 76.4 Å². The number of methoxy groups -OCH3 is 1. The Kier molecular flexibility index (Phi) is 4.76. The van der Waals surface area contributed by atoms with Crippen LogP contribution in [-0.4, -0.2) is 18.1 Å². The molecule has 24 heavy (non-hydrogen) atoms. The highest BCUT2D eigenvalue weighted by Crippen LogP contribution is 2.19. The highest BCUT2D eigenvalue weighted by molar-refractivity contribution is 5.89. The minimum atomic E-state index is -0.288. The van der Waals surface area contributed by atoms with Crippen molar-refractivity contribution in [2.45, 2.75) is 6.54 Å². The summed E-state index contributed by atoms with van der Waals surface area (Å²) < 4.78 is 10.4. The third-order valence-electron chi connectivity index (χ3n) is 3.40. The van der Waals surface area contributed by atoms with Crippen molar-refractivity contribution in [1.82, 2.24) is 10.3 Å². The van der Waals surface area contributed by atoms with Gasteiger partial charge in [-0.2, -0.15) is 0 Å². The summed E-state index contributed by atoms with van der Waals surface area (Å²) in [5, 5.41) is 5.56. The summed E-state index contributed by atoms with van der Waals surface area (Å²) in [5.41, 5.74) is 2.44. The lowest BCUT2D eigenvalue weighted by Gasteiger charge is -2.08. The second kappa shape index (κ2) is 7.32. The Balaban J connectivity index is 1.57. The summed E-state index contributed by atoms with van der Waals surface area (Å²) >= 11 is 0. The van der Waals surface area contributed by atoms with Gasteiger partial charge in [0.25, 0.3) is 0 Å². The van der Waals surface area contributed by atoms with E-state index >= 15 is 0 Å². The first-order chi connectivity index (χ1) is 11.7. The van der Waals surface area contributed by atoms with E-state index in [1.54, 1.807) is 50.0 Å². The van der Waals surface area contributed by atoms with Crippen molar-refractivity contribution in [1.29, 1.82) is 0 Å². The maximum absolute atomic E-state index is 12.0. The van der Waals surface area contributed by atoms with Crippen LogP contribution in [0.15, 0.2) is 65.5 Å². The zero-order chi connectivity index (χ0) is 16.8. The molecule has 0 fully saturated rings. The molecule has 0 unspecified atom stereocenters. The normalized spacial score (nSPS) is 10.2. The second-order valence-electron chi connectivity index (χ2n) is 5.10. The fourth-order valence-corrected chi connectivity index (χ4v) is 2.19. The molecule has 6 nitrogen and oxygen atoms in total. The van der Waals surface area contributed by atoms with E-state index in [-0.39, 0.29) is 6.03 Å². The smallest absolute Gasteiger partial charge is 0.319 e. The Morgan fingerprint density at radius 2 is 2.04 bits per heavy atom. The van der Waals surface area contributed by atoms with Gasteiger partial charge in [0, 0.05) is 30.2 Å². The quantitative estimate of drug-likeness (QED) is 0.751. The third-order valence-corrected chi connectivity index (χ3v) is 3.40. The minimum Gasteiger partial charge on any atom is -0.497 e. The standard InChI is InChI=1S/C18H17N3O3/c1-23-16-6-4-15(5-7-16)21-18(22)20-11-13-9-14(12-19-10-13)17-3-2-8-24-17/h2-10,12H,11H2,1H3,(H2,20,21,22). The predicted molar refractivity (Wildman–Crippen MR) is 90.8 cm³/mol. The van der Waals surface area contributed by atoms with Gasteiger partial charge in [-0.25, -0.2) is 4.79 Å². The van der Waals surface area contributed by atoms with Crippen LogP contribution in [0.4, 0.5) is 10.5 Å². The van der Waals surface area contributed by atoms with Gasteiger partial charge in [0.2, 0.25) is 0 Å². The van der Waals surface area contributed by atoms with Gasteiger partial charge in [-0.3, -0.25) is 4.98 Å². The van der Waals surface area contributed by atoms with Crippen molar-refractivity contribution in [3.8, 4) is 17.1 Å². The zero-order valence-corrected chi connectivity index (χ0v) is 13.2. The predicted octanol–water partition coefficient (Wildman–Crippen LogP) is 3.67. The molecule has 0 aliphatic heterocycles. The molecular formula is C18H17N3O3. The number of furan rings is 1. The maximum atomic E-state index is 12.0. The summed E-state index contributed by atoms with van der Waals surface area (Å²) in [6, 6.07) is 12.4. The number of nitrogens with one attached hydrogen (secondary N) is 2. The van der Waals surface area contributed by atoms with Gasteiger partial charge in [-0.05, 0) is 48.0 Å². The van der Waals surface area contributed by atoms with Crippen LogP contribution in [0.5, 0.6) is 5.75 Å². The van der Waals surface area contributed by atoms with Crippen LogP contribution in [0.2, 0.25) is 0 Å². The number of rotatable bonds is 5. The molecule has 0 aliphatic carbocycles. The maximum Gasteiger partial charge on any atom is 0.319 e. The largest absolute Gasteiger partial charge is 0.497 e. The van der Waals surface area contributed by atoms with Crippen molar-refractivity contribution < 1.29 is 13.9 Å². The van der Waals surface area contributed by atoms with Crippen LogP contribution in [-0.2, 0) is 6.54 Å². The van der Waals surface area contributed by atoms with E-state index in [0.29, 0.717) is 12.2 Å².